The molecular weight excluding hydrogens is 264 g/mol. The number of esters is 1. The maximum absolute atomic E-state index is 12.4. The Hall–Kier alpha value is -0.610. The minimum absolute atomic E-state index is 0.0430. The van der Waals surface area contributed by atoms with E-state index in [4.69, 9.17) is 4.74 Å². The van der Waals surface area contributed by atoms with Gasteiger partial charge in [0.15, 0.2) is 0 Å². The number of hydrogen-bond donors (Lipinski definition) is 1. The molecule has 1 N–H and O–H groups in total. The highest BCUT2D eigenvalue weighted by Gasteiger charge is 2.48. The summed E-state index contributed by atoms with van der Waals surface area (Å²) in [6.07, 6.45) is 9.71. The molecule has 0 heterocycles. The Labute approximate surface area is 129 Å². The Bertz CT molecular complexity index is 342. The van der Waals surface area contributed by atoms with Gasteiger partial charge in [-0.05, 0) is 65.6 Å². The zero-order valence-electron chi connectivity index (χ0n) is 14.0. The molecule has 2 saturated carbocycles. The molecule has 4 heteroatoms. The number of rotatable bonds is 7. The normalized spacial score (nSPS) is 30.2. The second-order valence-electron chi connectivity index (χ2n) is 6.74. The summed E-state index contributed by atoms with van der Waals surface area (Å²) in [5.74, 6) is 0.365. The van der Waals surface area contributed by atoms with Gasteiger partial charge in [-0.2, -0.15) is 0 Å². The van der Waals surface area contributed by atoms with E-state index in [1.54, 1.807) is 0 Å². The Morgan fingerprint density at radius 2 is 2.00 bits per heavy atom. The molecule has 2 aliphatic rings. The van der Waals surface area contributed by atoms with Gasteiger partial charge in [0.1, 0.15) is 5.54 Å². The van der Waals surface area contributed by atoms with Crippen LogP contribution in [-0.4, -0.2) is 49.7 Å². The Morgan fingerprint density at radius 3 is 2.62 bits per heavy atom. The largest absolute Gasteiger partial charge is 0.465 e. The van der Waals surface area contributed by atoms with Crippen molar-refractivity contribution in [3.63, 3.8) is 0 Å². The van der Waals surface area contributed by atoms with E-state index < -0.39 is 5.54 Å². The molecule has 0 amide bonds. The number of nitrogens with zero attached hydrogens (tertiary/aromatic N) is 1. The number of likely N-dealkylation sites (N-methyl/N-ethyl adjacent to an activating group) is 1. The molecule has 0 radical (unpaired) electrons. The number of carbonyl (C=O) groups excluding carboxylic acids is 1. The Kier molecular flexibility index (Phi) is 6.06. The van der Waals surface area contributed by atoms with Crippen molar-refractivity contribution < 1.29 is 9.53 Å². The van der Waals surface area contributed by atoms with Crippen molar-refractivity contribution in [2.24, 2.45) is 5.92 Å². The molecule has 2 fully saturated rings. The van der Waals surface area contributed by atoms with Gasteiger partial charge in [-0.15, -0.1) is 0 Å². The third-order valence-corrected chi connectivity index (χ3v) is 5.68. The van der Waals surface area contributed by atoms with Crippen LogP contribution in [0.1, 0.15) is 58.3 Å². The van der Waals surface area contributed by atoms with E-state index in [0.29, 0.717) is 12.5 Å². The molecular formula is C17H32N2O2. The maximum Gasteiger partial charge on any atom is 0.326 e. The zero-order valence-corrected chi connectivity index (χ0v) is 14.0. The first-order valence-corrected chi connectivity index (χ1v) is 8.70. The summed E-state index contributed by atoms with van der Waals surface area (Å²) in [5, 5.41) is 3.31. The lowest BCUT2D eigenvalue weighted by atomic mass is 9.84. The van der Waals surface area contributed by atoms with Gasteiger partial charge in [0.25, 0.3) is 0 Å². The van der Waals surface area contributed by atoms with Gasteiger partial charge in [0.05, 0.1) is 6.61 Å². The number of nitrogens with one attached hydrogen (secondary N) is 1. The molecule has 0 saturated heterocycles. The van der Waals surface area contributed by atoms with Gasteiger partial charge in [0.2, 0.25) is 0 Å². The van der Waals surface area contributed by atoms with Crippen molar-refractivity contribution in [2.45, 2.75) is 69.9 Å². The predicted octanol–water partition coefficient (Wildman–Crippen LogP) is 2.57. The van der Waals surface area contributed by atoms with Crippen LogP contribution in [0.4, 0.5) is 0 Å². The molecule has 21 heavy (non-hydrogen) atoms. The second-order valence-corrected chi connectivity index (χ2v) is 6.74. The smallest absolute Gasteiger partial charge is 0.326 e. The summed E-state index contributed by atoms with van der Waals surface area (Å²) in [6.45, 7) is 3.45. The third kappa shape index (κ3) is 3.59. The summed E-state index contributed by atoms with van der Waals surface area (Å²) in [7, 11) is 4.16. The van der Waals surface area contributed by atoms with E-state index in [1.807, 2.05) is 14.0 Å². The summed E-state index contributed by atoms with van der Waals surface area (Å²) in [4.78, 5) is 14.9. The fourth-order valence-corrected chi connectivity index (χ4v) is 4.32. The van der Waals surface area contributed by atoms with Gasteiger partial charge < -0.3 is 15.0 Å². The van der Waals surface area contributed by atoms with E-state index in [2.05, 4.69) is 17.3 Å². The highest BCUT2D eigenvalue weighted by molar-refractivity contribution is 5.81. The highest BCUT2D eigenvalue weighted by atomic mass is 16.5. The maximum atomic E-state index is 12.4. The topological polar surface area (TPSA) is 41.6 Å². The Balaban J connectivity index is 1.92. The number of hydrogen-bond acceptors (Lipinski definition) is 4. The fraction of sp³-hybridized carbons (Fsp3) is 0.941. The van der Waals surface area contributed by atoms with Gasteiger partial charge in [-0.3, -0.25) is 4.79 Å². The molecule has 4 nitrogen and oxygen atoms in total. The number of carbonyl (C=O) groups is 1. The first-order valence-electron chi connectivity index (χ1n) is 8.70. The van der Waals surface area contributed by atoms with E-state index in [1.165, 1.54) is 25.7 Å². The molecule has 2 rings (SSSR count). The van der Waals surface area contributed by atoms with Crippen LogP contribution < -0.4 is 5.32 Å². The van der Waals surface area contributed by atoms with E-state index in [0.717, 1.165) is 38.3 Å². The van der Waals surface area contributed by atoms with Crippen LogP contribution in [0, 0.1) is 5.92 Å². The van der Waals surface area contributed by atoms with Crippen LogP contribution in [-0.2, 0) is 9.53 Å². The standard InChI is InChI=1S/C17H32N2O2/c1-4-21-16(20)17(18-2)12-7-8-14(17)11-13-19(3)15-9-5-6-10-15/h14-15,18H,4-13H2,1-3H3. The SMILES string of the molecule is CCOC(=O)C1(NC)CCCC1CCN(C)C1CCCC1. The number of ether oxygens (including phenoxy) is 1. The first-order chi connectivity index (χ1) is 10.1. The van der Waals surface area contributed by atoms with Gasteiger partial charge in [0, 0.05) is 6.04 Å². The third-order valence-electron chi connectivity index (χ3n) is 5.68. The summed E-state index contributed by atoms with van der Waals surface area (Å²) < 4.78 is 5.34. The van der Waals surface area contributed by atoms with Crippen LogP contribution in [0.5, 0.6) is 0 Å². The molecule has 2 atom stereocenters. The Morgan fingerprint density at radius 1 is 1.29 bits per heavy atom. The second kappa shape index (κ2) is 7.59. The van der Waals surface area contributed by atoms with Crippen molar-refractivity contribution in [3.05, 3.63) is 0 Å². The van der Waals surface area contributed by atoms with Crippen molar-refractivity contribution in [1.29, 1.82) is 0 Å². The van der Waals surface area contributed by atoms with Crippen molar-refractivity contribution in [3.8, 4) is 0 Å². The monoisotopic (exact) mass is 296 g/mol. The van der Waals surface area contributed by atoms with Gasteiger partial charge in [-0.25, -0.2) is 0 Å². The van der Waals surface area contributed by atoms with Crippen LogP contribution in [0.3, 0.4) is 0 Å². The fourth-order valence-electron chi connectivity index (χ4n) is 4.32. The van der Waals surface area contributed by atoms with Gasteiger partial charge in [-0.1, -0.05) is 19.3 Å². The van der Waals surface area contributed by atoms with Crippen molar-refractivity contribution in [2.75, 3.05) is 27.2 Å². The molecule has 0 aromatic carbocycles. The quantitative estimate of drug-likeness (QED) is 0.733. The summed E-state index contributed by atoms with van der Waals surface area (Å²) in [6, 6.07) is 0.762. The molecule has 0 spiro atoms. The van der Waals surface area contributed by atoms with Crippen molar-refractivity contribution >= 4 is 5.97 Å². The van der Waals surface area contributed by atoms with E-state index >= 15 is 0 Å². The van der Waals surface area contributed by atoms with E-state index in [9.17, 15) is 4.79 Å². The van der Waals surface area contributed by atoms with Crippen LogP contribution >= 0.6 is 0 Å². The lowest BCUT2D eigenvalue weighted by molar-refractivity contribution is -0.153. The molecule has 2 unspecified atom stereocenters. The molecule has 122 valence electrons. The molecule has 0 bridgehead atoms. The molecule has 0 aromatic heterocycles. The minimum atomic E-state index is -0.438. The van der Waals surface area contributed by atoms with Crippen LogP contribution in [0.2, 0.25) is 0 Å². The van der Waals surface area contributed by atoms with Gasteiger partial charge >= 0.3 is 5.97 Å². The molecule has 2 aliphatic carbocycles. The molecule has 0 aliphatic heterocycles. The van der Waals surface area contributed by atoms with Crippen LogP contribution in [0.15, 0.2) is 0 Å². The minimum Gasteiger partial charge on any atom is -0.465 e. The lowest BCUT2D eigenvalue weighted by Gasteiger charge is -2.34. The average Bonchev–Trinajstić information content (AvgIpc) is 3.14. The first kappa shape index (κ1) is 16.8. The molecule has 0 aromatic rings. The average molecular weight is 296 g/mol. The lowest BCUT2D eigenvalue weighted by Crippen LogP contribution is -2.54. The summed E-state index contributed by atoms with van der Waals surface area (Å²) in [5.41, 5.74) is -0.438. The van der Waals surface area contributed by atoms with Crippen LogP contribution in [0.25, 0.3) is 0 Å². The zero-order chi connectivity index (χ0) is 15.3. The predicted molar refractivity (Wildman–Crippen MR) is 85.3 cm³/mol. The van der Waals surface area contributed by atoms with Crippen molar-refractivity contribution in [1.82, 2.24) is 10.2 Å². The highest BCUT2D eigenvalue weighted by Crippen LogP contribution is 2.39. The summed E-state index contributed by atoms with van der Waals surface area (Å²) >= 11 is 0. The van der Waals surface area contributed by atoms with E-state index in [-0.39, 0.29) is 5.97 Å².